The van der Waals surface area contributed by atoms with Gasteiger partial charge in [-0.25, -0.2) is 0 Å². The third kappa shape index (κ3) is 3.56. The van der Waals surface area contributed by atoms with Crippen LogP contribution in [0.3, 0.4) is 0 Å². The molecule has 2 aromatic carbocycles. The summed E-state index contributed by atoms with van der Waals surface area (Å²) < 4.78 is 0. The van der Waals surface area contributed by atoms with Gasteiger partial charge >= 0.3 is 0 Å². The topological polar surface area (TPSA) is 3.24 Å². The Hall–Kier alpha value is -2.02. The van der Waals surface area contributed by atoms with Crippen molar-refractivity contribution in [3.63, 3.8) is 0 Å². The molecule has 0 bridgehead atoms. The van der Waals surface area contributed by atoms with Gasteiger partial charge in [0.2, 0.25) is 0 Å². The first-order valence-corrected chi connectivity index (χ1v) is 9.30. The van der Waals surface area contributed by atoms with Crippen LogP contribution in [0.5, 0.6) is 0 Å². The number of fused-ring (bicyclic) bond motifs is 1. The molecule has 0 radical (unpaired) electrons. The van der Waals surface area contributed by atoms with E-state index in [0.717, 1.165) is 6.54 Å². The monoisotopic (exact) mass is 319 g/mol. The number of unbranched alkanes of at least 4 members (excludes halogenated alkanes) is 2. The summed E-state index contributed by atoms with van der Waals surface area (Å²) in [6.45, 7) is 3.46. The Bertz CT molecular complexity index is 673. The fourth-order valence-corrected chi connectivity index (χ4v) is 3.92. The molecule has 1 nitrogen and oxygen atoms in total. The van der Waals surface area contributed by atoms with Crippen molar-refractivity contribution in [1.82, 2.24) is 0 Å². The van der Waals surface area contributed by atoms with E-state index in [0.29, 0.717) is 0 Å². The fraction of sp³-hybridized carbons (Fsp3) is 0.391. The van der Waals surface area contributed by atoms with Crippen molar-refractivity contribution in [2.24, 2.45) is 0 Å². The third-order valence-electron chi connectivity index (χ3n) is 5.52. The van der Waals surface area contributed by atoms with Crippen molar-refractivity contribution >= 4 is 11.8 Å². The zero-order valence-electron chi connectivity index (χ0n) is 15.0. The first kappa shape index (κ1) is 16.8. The largest absolute Gasteiger partial charge is 0.375 e. The molecule has 1 atom stereocenters. The molecule has 2 aromatic rings. The summed E-state index contributed by atoms with van der Waals surface area (Å²) in [7, 11) is 2.19. The highest BCUT2D eigenvalue weighted by molar-refractivity contribution is 5.65. The minimum Gasteiger partial charge on any atom is -0.375 e. The van der Waals surface area contributed by atoms with E-state index in [2.05, 4.69) is 85.6 Å². The average molecular weight is 319 g/mol. The van der Waals surface area contributed by atoms with Crippen LogP contribution >= 0.6 is 0 Å². The molecule has 126 valence electrons. The van der Waals surface area contributed by atoms with Crippen LogP contribution in [0.2, 0.25) is 0 Å². The van der Waals surface area contributed by atoms with Gasteiger partial charge in [0.05, 0.1) is 0 Å². The molecular weight excluding hydrogens is 290 g/mol. The second kappa shape index (κ2) is 7.70. The van der Waals surface area contributed by atoms with Crippen molar-refractivity contribution in [2.45, 2.75) is 44.4 Å². The number of benzene rings is 2. The van der Waals surface area contributed by atoms with Crippen molar-refractivity contribution in [2.75, 3.05) is 18.5 Å². The van der Waals surface area contributed by atoms with Gasteiger partial charge in [-0.2, -0.15) is 0 Å². The maximum Gasteiger partial charge on any atom is 0.0363 e. The zero-order valence-corrected chi connectivity index (χ0v) is 15.0. The lowest BCUT2D eigenvalue weighted by Gasteiger charge is -2.28. The molecule has 0 fully saturated rings. The minimum absolute atomic E-state index is 0.280. The summed E-state index contributed by atoms with van der Waals surface area (Å²) >= 11 is 0. The minimum atomic E-state index is 0.280. The maximum absolute atomic E-state index is 2.45. The molecule has 0 saturated heterocycles. The summed E-state index contributed by atoms with van der Waals surface area (Å²) in [5, 5.41) is 0. The van der Waals surface area contributed by atoms with Gasteiger partial charge in [-0.05, 0) is 42.5 Å². The number of para-hydroxylation sites is 1. The Kier molecular flexibility index (Phi) is 5.40. The number of allylic oxidation sites excluding steroid dienone is 1. The van der Waals surface area contributed by atoms with Crippen molar-refractivity contribution in [3.8, 4) is 0 Å². The summed E-state index contributed by atoms with van der Waals surface area (Å²) in [5.74, 6) is 0. The fourth-order valence-electron chi connectivity index (χ4n) is 3.92. The van der Waals surface area contributed by atoms with Crippen LogP contribution in [0, 0.1) is 0 Å². The summed E-state index contributed by atoms with van der Waals surface area (Å²) in [6, 6.07) is 19.6. The van der Waals surface area contributed by atoms with Gasteiger partial charge < -0.3 is 4.90 Å². The van der Waals surface area contributed by atoms with Crippen molar-refractivity contribution in [1.29, 1.82) is 0 Å². The van der Waals surface area contributed by atoms with Crippen LogP contribution in [0.25, 0.3) is 6.08 Å². The van der Waals surface area contributed by atoms with Gasteiger partial charge in [-0.3, -0.25) is 0 Å². The summed E-state index contributed by atoms with van der Waals surface area (Å²) in [4.78, 5) is 2.36. The zero-order chi connectivity index (χ0) is 16.8. The molecule has 1 heteroatoms. The van der Waals surface area contributed by atoms with Crippen molar-refractivity contribution < 1.29 is 0 Å². The van der Waals surface area contributed by atoms with E-state index in [-0.39, 0.29) is 5.41 Å². The van der Waals surface area contributed by atoms with Crippen LogP contribution in [0.4, 0.5) is 5.69 Å². The van der Waals surface area contributed by atoms with Gasteiger partial charge in [0.25, 0.3) is 0 Å². The van der Waals surface area contributed by atoms with Crippen molar-refractivity contribution in [3.05, 3.63) is 71.8 Å². The highest BCUT2D eigenvalue weighted by atomic mass is 15.1. The summed E-state index contributed by atoms with van der Waals surface area (Å²) in [6.07, 6.45) is 11.1. The van der Waals surface area contributed by atoms with E-state index in [1.165, 1.54) is 48.9 Å². The van der Waals surface area contributed by atoms with E-state index in [1.54, 1.807) is 0 Å². The number of nitrogens with zero attached hydrogens (tertiary/aromatic N) is 1. The second-order valence-corrected chi connectivity index (χ2v) is 7.00. The highest BCUT2D eigenvalue weighted by Gasteiger charge is 2.31. The van der Waals surface area contributed by atoms with Crippen LogP contribution < -0.4 is 4.90 Å². The SMILES string of the molecule is CCC1(CCCCCN(C)c2ccccc2)C=Cc2ccccc21. The van der Waals surface area contributed by atoms with E-state index < -0.39 is 0 Å². The highest BCUT2D eigenvalue weighted by Crippen LogP contribution is 2.42. The average Bonchev–Trinajstić information content (AvgIpc) is 3.01. The Labute approximate surface area is 147 Å². The predicted octanol–water partition coefficient (Wildman–Crippen LogP) is 6.06. The normalized spacial score (nSPS) is 18.6. The molecule has 0 aliphatic heterocycles. The number of hydrogen-bond donors (Lipinski definition) is 0. The lowest BCUT2D eigenvalue weighted by molar-refractivity contribution is 0.450. The molecular formula is C23H29N. The van der Waals surface area contributed by atoms with E-state index in [9.17, 15) is 0 Å². The van der Waals surface area contributed by atoms with E-state index in [4.69, 9.17) is 0 Å². The van der Waals surface area contributed by atoms with Crippen LogP contribution in [0.1, 0.15) is 50.2 Å². The molecule has 3 rings (SSSR count). The van der Waals surface area contributed by atoms with E-state index in [1.807, 2.05) is 0 Å². The molecule has 1 unspecified atom stereocenters. The lowest BCUT2D eigenvalue weighted by atomic mass is 9.76. The summed E-state index contributed by atoms with van der Waals surface area (Å²) in [5.41, 5.74) is 4.55. The molecule has 1 aliphatic rings. The van der Waals surface area contributed by atoms with Gasteiger partial charge in [0, 0.05) is 24.7 Å². The Morgan fingerprint density at radius 1 is 0.875 bits per heavy atom. The standard InChI is InChI=1S/C23H29N/c1-3-23(18-16-20-12-8-9-15-22(20)23)17-10-5-11-19-24(2)21-13-6-4-7-14-21/h4,6-9,12-16,18H,3,5,10-11,17,19H2,1-2H3. The third-order valence-corrected chi connectivity index (χ3v) is 5.52. The smallest absolute Gasteiger partial charge is 0.0363 e. The van der Waals surface area contributed by atoms with Gasteiger partial charge in [-0.15, -0.1) is 0 Å². The molecule has 0 aromatic heterocycles. The Morgan fingerprint density at radius 2 is 1.62 bits per heavy atom. The first-order valence-electron chi connectivity index (χ1n) is 9.30. The van der Waals surface area contributed by atoms with Gasteiger partial charge in [-0.1, -0.05) is 74.4 Å². The molecule has 0 spiro atoms. The molecule has 0 amide bonds. The quantitative estimate of drug-likeness (QED) is 0.535. The van der Waals surface area contributed by atoms with Crippen LogP contribution in [-0.4, -0.2) is 13.6 Å². The van der Waals surface area contributed by atoms with Crippen LogP contribution in [0.15, 0.2) is 60.7 Å². The lowest BCUT2D eigenvalue weighted by Crippen LogP contribution is -2.21. The predicted molar refractivity (Wildman–Crippen MR) is 106 cm³/mol. The maximum atomic E-state index is 2.45. The Balaban J connectivity index is 1.47. The number of anilines is 1. The molecule has 1 aliphatic carbocycles. The molecule has 0 heterocycles. The second-order valence-electron chi connectivity index (χ2n) is 7.00. The molecule has 24 heavy (non-hydrogen) atoms. The molecule has 0 N–H and O–H groups in total. The first-order chi connectivity index (χ1) is 11.7. The number of rotatable bonds is 8. The van der Waals surface area contributed by atoms with E-state index >= 15 is 0 Å². The molecule has 0 saturated carbocycles. The van der Waals surface area contributed by atoms with Crippen LogP contribution in [-0.2, 0) is 5.41 Å². The van der Waals surface area contributed by atoms with Gasteiger partial charge in [0.1, 0.15) is 0 Å². The van der Waals surface area contributed by atoms with Gasteiger partial charge in [0.15, 0.2) is 0 Å². The number of hydrogen-bond acceptors (Lipinski definition) is 1. The Morgan fingerprint density at radius 3 is 2.42 bits per heavy atom.